The first-order valence-electron chi connectivity index (χ1n) is 9.35. The van der Waals surface area contributed by atoms with Crippen molar-refractivity contribution in [1.82, 2.24) is 20.1 Å². The Morgan fingerprint density at radius 1 is 1.14 bits per heavy atom. The molecular weight excluding hydrogens is 368 g/mol. The molecule has 0 saturated carbocycles. The number of rotatable bonds is 9. The highest BCUT2D eigenvalue weighted by atomic mass is 16.5. The summed E-state index contributed by atoms with van der Waals surface area (Å²) in [5, 5.41) is 6.98. The lowest BCUT2D eigenvalue weighted by Crippen LogP contribution is -2.20. The summed E-state index contributed by atoms with van der Waals surface area (Å²) in [5.74, 6) is 1.16. The smallest absolute Gasteiger partial charge is 0.244 e. The lowest BCUT2D eigenvalue weighted by molar-refractivity contribution is -0.116. The molecule has 3 aromatic rings. The van der Waals surface area contributed by atoms with E-state index in [1.165, 1.54) is 12.4 Å². The van der Waals surface area contributed by atoms with Crippen LogP contribution < -0.4 is 14.8 Å². The third-order valence-corrected chi connectivity index (χ3v) is 4.22. The second kappa shape index (κ2) is 10.1. The number of carbonyl (C=O) groups excluding carboxylic acids is 1. The average Bonchev–Trinajstić information content (AvgIpc) is 3.25. The minimum Gasteiger partial charge on any atom is -0.493 e. The van der Waals surface area contributed by atoms with Crippen LogP contribution in [0, 0.1) is 0 Å². The van der Waals surface area contributed by atoms with E-state index in [1.54, 1.807) is 24.2 Å². The maximum Gasteiger partial charge on any atom is 0.244 e. The molecule has 1 N–H and O–H groups in total. The van der Waals surface area contributed by atoms with Crippen molar-refractivity contribution in [1.29, 1.82) is 0 Å². The number of ether oxygens (including phenoxy) is 2. The van der Waals surface area contributed by atoms with Crippen LogP contribution in [0.4, 0.5) is 0 Å². The van der Waals surface area contributed by atoms with E-state index in [-0.39, 0.29) is 5.91 Å². The fraction of sp³-hybridized carbons (Fsp3) is 0.227. The highest BCUT2D eigenvalue weighted by Crippen LogP contribution is 2.28. The van der Waals surface area contributed by atoms with Crippen LogP contribution in [-0.4, -0.2) is 34.4 Å². The number of nitrogens with one attached hydrogen (secondary N) is 1. The molecule has 1 aromatic heterocycles. The second-order valence-electron chi connectivity index (χ2n) is 6.30. The highest BCUT2D eigenvalue weighted by Gasteiger charge is 2.04. The summed E-state index contributed by atoms with van der Waals surface area (Å²) in [6.07, 6.45) is 6.46. The Labute approximate surface area is 170 Å². The molecule has 2 aromatic carbocycles. The van der Waals surface area contributed by atoms with Crippen molar-refractivity contribution in [3.8, 4) is 11.5 Å². The van der Waals surface area contributed by atoms with Gasteiger partial charge in [0.05, 0.1) is 20.3 Å². The van der Waals surface area contributed by atoms with E-state index >= 15 is 0 Å². The van der Waals surface area contributed by atoms with Crippen molar-refractivity contribution in [2.75, 3.05) is 13.7 Å². The molecule has 150 valence electrons. The number of methoxy groups -OCH3 is 1. The molecule has 0 atom stereocenters. The van der Waals surface area contributed by atoms with Crippen LogP contribution in [0.1, 0.15) is 23.6 Å². The van der Waals surface area contributed by atoms with Crippen molar-refractivity contribution in [3.63, 3.8) is 0 Å². The van der Waals surface area contributed by atoms with Crippen LogP contribution in [0.3, 0.4) is 0 Å². The first-order chi connectivity index (χ1) is 14.2. The van der Waals surface area contributed by atoms with Gasteiger partial charge in [0.1, 0.15) is 12.7 Å². The summed E-state index contributed by atoms with van der Waals surface area (Å²) >= 11 is 0. The molecule has 0 aliphatic heterocycles. The molecule has 1 heterocycles. The molecule has 0 aliphatic carbocycles. The fourth-order valence-corrected chi connectivity index (χ4v) is 2.75. The summed E-state index contributed by atoms with van der Waals surface area (Å²) in [7, 11) is 1.60. The van der Waals surface area contributed by atoms with E-state index in [0.29, 0.717) is 31.2 Å². The molecule has 1 amide bonds. The molecule has 7 heteroatoms. The number of carbonyl (C=O) groups is 1. The van der Waals surface area contributed by atoms with Gasteiger partial charge in [0.15, 0.2) is 11.5 Å². The quantitative estimate of drug-likeness (QED) is 0.566. The van der Waals surface area contributed by atoms with Gasteiger partial charge in [0, 0.05) is 12.6 Å². The predicted molar refractivity (Wildman–Crippen MR) is 111 cm³/mol. The summed E-state index contributed by atoms with van der Waals surface area (Å²) in [6.45, 7) is 3.58. The van der Waals surface area contributed by atoms with Crippen LogP contribution in [0.2, 0.25) is 0 Å². The normalized spacial score (nSPS) is 10.8. The molecule has 0 aliphatic rings. The Balaban J connectivity index is 1.52. The van der Waals surface area contributed by atoms with Gasteiger partial charge >= 0.3 is 0 Å². The molecule has 0 bridgehead atoms. The lowest BCUT2D eigenvalue weighted by Gasteiger charge is -2.09. The van der Waals surface area contributed by atoms with Crippen LogP contribution in [-0.2, 0) is 17.9 Å². The molecule has 0 unspecified atom stereocenters. The minimum atomic E-state index is -0.162. The zero-order valence-corrected chi connectivity index (χ0v) is 16.5. The van der Waals surface area contributed by atoms with Gasteiger partial charge in [0.2, 0.25) is 5.91 Å². The van der Waals surface area contributed by atoms with Crippen LogP contribution >= 0.6 is 0 Å². The van der Waals surface area contributed by atoms with E-state index in [9.17, 15) is 4.79 Å². The number of aromatic nitrogens is 3. The molecular formula is C22H24N4O3. The molecule has 3 rings (SSSR count). The van der Waals surface area contributed by atoms with Crippen molar-refractivity contribution in [3.05, 3.63) is 77.9 Å². The van der Waals surface area contributed by atoms with Gasteiger partial charge in [-0.2, -0.15) is 5.10 Å². The van der Waals surface area contributed by atoms with Gasteiger partial charge in [-0.3, -0.25) is 4.79 Å². The number of hydrogen-bond donors (Lipinski definition) is 1. The van der Waals surface area contributed by atoms with Crippen molar-refractivity contribution in [2.24, 2.45) is 0 Å². The van der Waals surface area contributed by atoms with E-state index in [0.717, 1.165) is 16.7 Å². The largest absolute Gasteiger partial charge is 0.493 e. The summed E-state index contributed by atoms with van der Waals surface area (Å²) < 4.78 is 12.6. The van der Waals surface area contributed by atoms with Crippen molar-refractivity contribution in [2.45, 2.75) is 20.0 Å². The Morgan fingerprint density at radius 3 is 2.62 bits per heavy atom. The van der Waals surface area contributed by atoms with Crippen molar-refractivity contribution >= 4 is 12.0 Å². The Kier molecular flexibility index (Phi) is 7.00. The fourth-order valence-electron chi connectivity index (χ4n) is 2.75. The Hall–Kier alpha value is -3.61. The second-order valence-corrected chi connectivity index (χ2v) is 6.30. The molecule has 0 saturated heterocycles. The topological polar surface area (TPSA) is 78.3 Å². The van der Waals surface area contributed by atoms with Gasteiger partial charge in [0.25, 0.3) is 0 Å². The SMILES string of the molecule is CCOc1cc(/C=C/C(=O)NCc2ccc(Cn3cncn3)cc2)ccc1OC. The molecule has 29 heavy (non-hydrogen) atoms. The maximum absolute atomic E-state index is 12.1. The predicted octanol–water partition coefficient (Wildman–Crippen LogP) is 3.06. The van der Waals surface area contributed by atoms with Crippen LogP contribution in [0.5, 0.6) is 11.5 Å². The lowest BCUT2D eigenvalue weighted by atomic mass is 10.1. The standard InChI is InChI=1S/C22H24N4O3/c1-3-29-21-12-17(8-10-20(21)28-2)9-11-22(27)24-13-18-4-6-19(7-5-18)14-26-16-23-15-25-26/h4-12,15-16H,3,13-14H2,1-2H3,(H,24,27)/b11-9+. The maximum atomic E-state index is 12.1. The third kappa shape index (κ3) is 5.93. The zero-order valence-electron chi connectivity index (χ0n) is 16.5. The zero-order chi connectivity index (χ0) is 20.5. The Morgan fingerprint density at radius 2 is 1.93 bits per heavy atom. The van der Waals surface area contributed by atoms with Gasteiger partial charge in [-0.15, -0.1) is 0 Å². The van der Waals surface area contributed by atoms with Crippen LogP contribution in [0.25, 0.3) is 6.08 Å². The van der Waals surface area contributed by atoms with E-state index in [1.807, 2.05) is 49.4 Å². The van der Waals surface area contributed by atoms with Crippen molar-refractivity contribution < 1.29 is 14.3 Å². The summed E-state index contributed by atoms with van der Waals surface area (Å²) in [5.41, 5.74) is 3.01. The molecule has 0 spiro atoms. The van der Waals surface area contributed by atoms with E-state index < -0.39 is 0 Å². The summed E-state index contributed by atoms with van der Waals surface area (Å²) in [6, 6.07) is 13.6. The number of nitrogens with zero attached hydrogens (tertiary/aromatic N) is 3. The van der Waals surface area contributed by atoms with Crippen LogP contribution in [0.15, 0.2) is 61.2 Å². The first kappa shape index (κ1) is 20.1. The number of hydrogen-bond acceptors (Lipinski definition) is 5. The first-order valence-corrected chi connectivity index (χ1v) is 9.35. The van der Waals surface area contributed by atoms with E-state index in [2.05, 4.69) is 15.4 Å². The van der Waals surface area contributed by atoms with Gasteiger partial charge in [-0.1, -0.05) is 30.3 Å². The highest BCUT2D eigenvalue weighted by molar-refractivity contribution is 5.91. The number of amides is 1. The van der Waals surface area contributed by atoms with Gasteiger partial charge < -0.3 is 14.8 Å². The minimum absolute atomic E-state index is 0.162. The van der Waals surface area contributed by atoms with E-state index in [4.69, 9.17) is 9.47 Å². The molecule has 0 fully saturated rings. The molecule has 7 nitrogen and oxygen atoms in total. The number of benzene rings is 2. The average molecular weight is 392 g/mol. The summed E-state index contributed by atoms with van der Waals surface area (Å²) in [4.78, 5) is 16.1. The van der Waals surface area contributed by atoms with Gasteiger partial charge in [-0.25, -0.2) is 9.67 Å². The third-order valence-electron chi connectivity index (χ3n) is 4.22. The van der Waals surface area contributed by atoms with Gasteiger partial charge in [-0.05, 0) is 41.8 Å². The molecule has 0 radical (unpaired) electrons. The Bertz CT molecular complexity index is 951. The monoisotopic (exact) mass is 392 g/mol.